The Balaban J connectivity index is 1.82. The first-order chi connectivity index (χ1) is 15.3. The number of halogens is 1. The maximum Gasteiger partial charge on any atom is 0.264 e. The van der Waals surface area contributed by atoms with Gasteiger partial charge in [-0.2, -0.15) is 5.10 Å². The molecule has 0 heterocycles. The summed E-state index contributed by atoms with van der Waals surface area (Å²) in [4.78, 5) is 12.6. The van der Waals surface area contributed by atoms with Gasteiger partial charge in [-0.05, 0) is 73.2 Å². The van der Waals surface area contributed by atoms with Gasteiger partial charge in [0.05, 0.1) is 23.4 Å². The van der Waals surface area contributed by atoms with E-state index in [1.54, 1.807) is 56.5 Å². The van der Waals surface area contributed by atoms with Crippen molar-refractivity contribution in [1.29, 1.82) is 0 Å². The lowest BCUT2D eigenvalue weighted by molar-refractivity contribution is -0.119. The number of nitrogens with zero attached hydrogens (tertiary/aromatic N) is 2. The zero-order chi connectivity index (χ0) is 23.1. The fourth-order valence-electron chi connectivity index (χ4n) is 2.85. The maximum atomic E-state index is 13.4. The summed E-state index contributed by atoms with van der Waals surface area (Å²) in [5, 5.41) is 4.06. The highest BCUT2D eigenvalue weighted by atomic mass is 32.2. The van der Waals surface area contributed by atoms with E-state index in [1.807, 2.05) is 0 Å². The molecule has 0 atom stereocenters. The molecule has 0 fully saturated rings. The van der Waals surface area contributed by atoms with E-state index < -0.39 is 28.3 Å². The fourth-order valence-corrected chi connectivity index (χ4v) is 4.29. The Labute approximate surface area is 186 Å². The van der Waals surface area contributed by atoms with Gasteiger partial charge >= 0.3 is 0 Å². The van der Waals surface area contributed by atoms with Crippen LogP contribution in [0.4, 0.5) is 10.1 Å². The number of anilines is 1. The molecular weight excluding hydrogens is 433 g/mol. The second kappa shape index (κ2) is 10.1. The highest BCUT2D eigenvalue weighted by Crippen LogP contribution is 2.23. The Morgan fingerprint density at radius 3 is 2.22 bits per heavy atom. The molecule has 3 rings (SSSR count). The number of sulfonamides is 1. The molecule has 3 aromatic rings. The van der Waals surface area contributed by atoms with Crippen LogP contribution in [0.15, 0.2) is 88.9 Å². The van der Waals surface area contributed by atoms with Crippen molar-refractivity contribution in [2.24, 2.45) is 5.10 Å². The van der Waals surface area contributed by atoms with E-state index in [2.05, 4.69) is 10.5 Å². The summed E-state index contributed by atoms with van der Waals surface area (Å²) in [7, 11) is -2.51. The van der Waals surface area contributed by atoms with Gasteiger partial charge in [0.2, 0.25) is 0 Å². The molecule has 0 radical (unpaired) electrons. The Hall–Kier alpha value is -3.72. The second-order valence-electron chi connectivity index (χ2n) is 6.76. The van der Waals surface area contributed by atoms with Gasteiger partial charge in [-0.15, -0.1) is 0 Å². The van der Waals surface area contributed by atoms with Gasteiger partial charge in [-0.1, -0.05) is 18.2 Å². The van der Waals surface area contributed by atoms with E-state index in [0.29, 0.717) is 11.5 Å². The predicted octanol–water partition coefficient (Wildman–Crippen LogP) is 3.57. The van der Waals surface area contributed by atoms with Crippen LogP contribution in [0.5, 0.6) is 5.75 Å². The topological polar surface area (TPSA) is 88.1 Å². The lowest BCUT2D eigenvalue weighted by Crippen LogP contribution is -2.39. The molecule has 0 spiro atoms. The SMILES string of the molecule is COc1ccc(/C(C)=N\NC(=O)CN(c2ccc(F)cc2)S(=O)(=O)c2ccccc2)cc1. The van der Waals surface area contributed by atoms with E-state index in [4.69, 9.17) is 4.74 Å². The molecule has 0 aliphatic heterocycles. The molecule has 0 aliphatic rings. The smallest absolute Gasteiger partial charge is 0.264 e. The molecule has 3 aromatic carbocycles. The summed E-state index contributed by atoms with van der Waals surface area (Å²) >= 11 is 0. The average molecular weight is 456 g/mol. The standard InChI is InChI=1S/C23H22FN3O4S/c1-17(18-8-14-21(31-2)15-9-18)25-26-23(28)16-27(20-12-10-19(24)11-13-20)32(29,30)22-6-4-3-5-7-22/h3-15H,16H2,1-2H3,(H,26,28)/b25-17-. The summed E-state index contributed by atoms with van der Waals surface area (Å²) in [6.07, 6.45) is 0. The minimum Gasteiger partial charge on any atom is -0.497 e. The number of ether oxygens (including phenoxy) is 1. The van der Waals surface area contributed by atoms with Crippen molar-refractivity contribution in [3.8, 4) is 5.75 Å². The van der Waals surface area contributed by atoms with E-state index in [-0.39, 0.29) is 10.6 Å². The normalized spacial score (nSPS) is 11.7. The molecule has 7 nitrogen and oxygen atoms in total. The van der Waals surface area contributed by atoms with Crippen LogP contribution < -0.4 is 14.5 Å². The monoisotopic (exact) mass is 455 g/mol. The Morgan fingerprint density at radius 2 is 1.62 bits per heavy atom. The molecule has 0 aliphatic carbocycles. The lowest BCUT2D eigenvalue weighted by Gasteiger charge is -2.23. The molecule has 0 bridgehead atoms. The number of methoxy groups -OCH3 is 1. The van der Waals surface area contributed by atoms with Crippen LogP contribution in [-0.4, -0.2) is 33.7 Å². The van der Waals surface area contributed by atoms with Gasteiger partial charge in [-0.25, -0.2) is 18.2 Å². The van der Waals surface area contributed by atoms with E-state index in [0.717, 1.165) is 22.0 Å². The first-order valence-corrected chi connectivity index (χ1v) is 11.1. The number of nitrogens with one attached hydrogen (secondary N) is 1. The number of carbonyl (C=O) groups excluding carboxylic acids is 1. The van der Waals surface area contributed by atoms with Crippen LogP contribution in [0.1, 0.15) is 12.5 Å². The van der Waals surface area contributed by atoms with Gasteiger partial charge in [0.15, 0.2) is 0 Å². The van der Waals surface area contributed by atoms with Crippen molar-refractivity contribution in [1.82, 2.24) is 5.43 Å². The van der Waals surface area contributed by atoms with Gasteiger partial charge in [0.1, 0.15) is 18.1 Å². The van der Waals surface area contributed by atoms with Crippen LogP contribution in [0.3, 0.4) is 0 Å². The minimum atomic E-state index is -4.07. The molecule has 0 unspecified atom stereocenters. The number of benzene rings is 3. The highest BCUT2D eigenvalue weighted by molar-refractivity contribution is 7.92. The van der Waals surface area contributed by atoms with Crippen molar-refractivity contribution in [3.05, 3.63) is 90.2 Å². The fraction of sp³-hybridized carbons (Fsp3) is 0.130. The number of hydrogen-bond acceptors (Lipinski definition) is 5. The van der Waals surface area contributed by atoms with Crippen molar-refractivity contribution >= 4 is 27.3 Å². The van der Waals surface area contributed by atoms with Crippen LogP contribution in [0.25, 0.3) is 0 Å². The molecule has 1 N–H and O–H groups in total. The van der Waals surface area contributed by atoms with Crippen molar-refractivity contribution in [2.75, 3.05) is 18.0 Å². The Kier molecular flexibility index (Phi) is 7.21. The third-order valence-corrected chi connectivity index (χ3v) is 6.38. The molecule has 1 amide bonds. The third kappa shape index (κ3) is 5.50. The lowest BCUT2D eigenvalue weighted by atomic mass is 10.1. The summed E-state index contributed by atoms with van der Waals surface area (Å²) in [6, 6.07) is 19.7. The zero-order valence-electron chi connectivity index (χ0n) is 17.5. The van der Waals surface area contributed by atoms with Crippen molar-refractivity contribution < 1.29 is 22.3 Å². The van der Waals surface area contributed by atoms with Crippen LogP contribution >= 0.6 is 0 Å². The van der Waals surface area contributed by atoms with Gasteiger partial charge in [-0.3, -0.25) is 9.10 Å². The maximum absolute atomic E-state index is 13.4. The molecule has 0 aromatic heterocycles. The zero-order valence-corrected chi connectivity index (χ0v) is 18.3. The predicted molar refractivity (Wildman–Crippen MR) is 121 cm³/mol. The molecule has 0 saturated carbocycles. The molecule has 0 saturated heterocycles. The van der Waals surface area contributed by atoms with Crippen LogP contribution in [0.2, 0.25) is 0 Å². The first kappa shape index (κ1) is 23.0. The summed E-state index contributed by atoms with van der Waals surface area (Å²) in [5.74, 6) is -0.483. The Bertz CT molecular complexity index is 1200. The number of hydrazone groups is 1. The van der Waals surface area contributed by atoms with Gasteiger partial charge in [0, 0.05) is 0 Å². The minimum absolute atomic E-state index is 0.00930. The van der Waals surface area contributed by atoms with Gasteiger partial charge in [0.25, 0.3) is 15.9 Å². The summed E-state index contributed by atoms with van der Waals surface area (Å²) in [6.45, 7) is 1.17. The molecule has 166 valence electrons. The van der Waals surface area contributed by atoms with Crippen molar-refractivity contribution in [3.63, 3.8) is 0 Å². The number of carbonyl (C=O) groups is 1. The number of amides is 1. The van der Waals surface area contributed by atoms with E-state index >= 15 is 0 Å². The van der Waals surface area contributed by atoms with Crippen LogP contribution in [0, 0.1) is 5.82 Å². The summed E-state index contributed by atoms with van der Waals surface area (Å²) in [5.41, 5.74) is 3.83. The van der Waals surface area contributed by atoms with Gasteiger partial charge < -0.3 is 4.74 Å². The molecule has 32 heavy (non-hydrogen) atoms. The van der Waals surface area contributed by atoms with E-state index in [9.17, 15) is 17.6 Å². The first-order valence-electron chi connectivity index (χ1n) is 9.62. The molecule has 9 heteroatoms. The van der Waals surface area contributed by atoms with Crippen LogP contribution in [-0.2, 0) is 14.8 Å². The number of rotatable bonds is 8. The number of hydrogen-bond donors (Lipinski definition) is 1. The quantitative estimate of drug-likeness (QED) is 0.416. The summed E-state index contributed by atoms with van der Waals surface area (Å²) < 4.78 is 45.8. The highest BCUT2D eigenvalue weighted by Gasteiger charge is 2.27. The van der Waals surface area contributed by atoms with Crippen molar-refractivity contribution in [2.45, 2.75) is 11.8 Å². The average Bonchev–Trinajstić information content (AvgIpc) is 2.82. The van der Waals surface area contributed by atoms with E-state index in [1.165, 1.54) is 24.3 Å². The molecular formula is C23H22FN3O4S. The Morgan fingerprint density at radius 1 is 1.00 bits per heavy atom. The largest absolute Gasteiger partial charge is 0.497 e. The second-order valence-corrected chi connectivity index (χ2v) is 8.62. The third-order valence-electron chi connectivity index (χ3n) is 4.59.